The Morgan fingerprint density at radius 2 is 1.69 bits per heavy atom. The van der Waals surface area contributed by atoms with Crippen LogP contribution in [0.5, 0.6) is 0 Å². The molecule has 0 atom stereocenters. The lowest BCUT2D eigenvalue weighted by Gasteiger charge is -2.25. The predicted molar refractivity (Wildman–Crippen MR) is 105 cm³/mol. The molecule has 1 aliphatic heterocycles. The Labute approximate surface area is 155 Å². The lowest BCUT2D eigenvalue weighted by molar-refractivity contribution is 0.385. The molecule has 2 heterocycles. The van der Waals surface area contributed by atoms with Crippen LogP contribution in [-0.4, -0.2) is 23.8 Å². The molecule has 0 amide bonds. The van der Waals surface area contributed by atoms with Crippen LogP contribution in [0, 0.1) is 6.92 Å². The van der Waals surface area contributed by atoms with E-state index in [1.54, 1.807) is 16.4 Å². The maximum absolute atomic E-state index is 13.2. The van der Waals surface area contributed by atoms with Crippen LogP contribution in [-0.2, 0) is 30.0 Å². The first-order chi connectivity index (χ1) is 12.5. The van der Waals surface area contributed by atoms with Gasteiger partial charge in [0.05, 0.1) is 4.90 Å². The molecule has 5 heteroatoms. The van der Waals surface area contributed by atoms with Gasteiger partial charge in [0.25, 0.3) is 0 Å². The highest BCUT2D eigenvalue weighted by atomic mass is 32.2. The molecule has 0 unspecified atom stereocenters. The van der Waals surface area contributed by atoms with Crippen molar-refractivity contribution in [2.75, 3.05) is 6.54 Å². The van der Waals surface area contributed by atoms with Gasteiger partial charge in [-0.1, -0.05) is 35.9 Å². The molecule has 3 aromatic rings. The number of fused-ring (bicyclic) bond motifs is 3. The van der Waals surface area contributed by atoms with Gasteiger partial charge in [-0.15, -0.1) is 0 Å². The van der Waals surface area contributed by atoms with Gasteiger partial charge in [0, 0.05) is 36.7 Å². The van der Waals surface area contributed by atoms with Gasteiger partial charge in [0.2, 0.25) is 10.0 Å². The van der Waals surface area contributed by atoms with Crippen molar-refractivity contribution < 1.29 is 8.42 Å². The summed E-state index contributed by atoms with van der Waals surface area (Å²) in [5.74, 6) is 0. The van der Waals surface area contributed by atoms with Crippen molar-refractivity contribution in [1.82, 2.24) is 8.87 Å². The van der Waals surface area contributed by atoms with E-state index in [2.05, 4.69) is 23.7 Å². The minimum Gasteiger partial charge on any atom is -0.347 e. The van der Waals surface area contributed by atoms with Gasteiger partial charge in [0.1, 0.15) is 0 Å². The third kappa shape index (κ3) is 2.85. The molecule has 0 radical (unpaired) electrons. The fourth-order valence-electron chi connectivity index (χ4n) is 3.92. The Bertz CT molecular complexity index is 1050. The molecule has 0 bridgehead atoms. The molecule has 26 heavy (non-hydrogen) atoms. The number of hydrogen-bond acceptors (Lipinski definition) is 2. The number of aryl methyl sites for hydroxylation is 2. The first-order valence-electron chi connectivity index (χ1n) is 9.10. The van der Waals surface area contributed by atoms with Crippen LogP contribution in [0.15, 0.2) is 53.4 Å². The molecule has 0 N–H and O–H groups in total. The first-order valence-corrected chi connectivity index (χ1v) is 10.5. The van der Waals surface area contributed by atoms with Gasteiger partial charge < -0.3 is 4.57 Å². The average Bonchev–Trinajstić information content (AvgIpc) is 2.86. The molecule has 1 aliphatic rings. The average molecular weight is 369 g/mol. The molecule has 0 saturated carbocycles. The summed E-state index contributed by atoms with van der Waals surface area (Å²) in [7, 11) is -1.41. The van der Waals surface area contributed by atoms with Crippen LogP contribution < -0.4 is 0 Å². The van der Waals surface area contributed by atoms with Crippen LogP contribution in [0.2, 0.25) is 0 Å². The summed E-state index contributed by atoms with van der Waals surface area (Å²) in [4.78, 5) is 0.380. The molecule has 2 aromatic carbocycles. The Balaban J connectivity index is 1.80. The molecular formula is C21H24N2O2S. The molecule has 4 rings (SSSR count). The highest BCUT2D eigenvalue weighted by Crippen LogP contribution is 2.31. The Morgan fingerprint density at radius 3 is 2.46 bits per heavy atom. The van der Waals surface area contributed by atoms with E-state index in [1.807, 2.05) is 31.2 Å². The van der Waals surface area contributed by atoms with Crippen molar-refractivity contribution >= 4 is 20.9 Å². The molecule has 0 fully saturated rings. The number of sulfonamides is 1. The van der Waals surface area contributed by atoms with Gasteiger partial charge in [-0.05, 0) is 49.9 Å². The minimum atomic E-state index is -3.50. The number of hydrogen-bond donors (Lipinski definition) is 0. The second-order valence-electron chi connectivity index (χ2n) is 7.11. The summed E-state index contributed by atoms with van der Waals surface area (Å²) in [6.45, 7) is 2.97. The second kappa shape index (κ2) is 6.56. The fraction of sp³-hybridized carbons (Fsp3) is 0.333. The highest BCUT2D eigenvalue weighted by Gasteiger charge is 2.28. The number of para-hydroxylation sites is 1. The van der Waals surface area contributed by atoms with Gasteiger partial charge in [0.15, 0.2) is 0 Å². The molecule has 136 valence electrons. The van der Waals surface area contributed by atoms with Gasteiger partial charge in [-0.25, -0.2) is 8.42 Å². The molecule has 1 aromatic heterocycles. The van der Waals surface area contributed by atoms with Crippen LogP contribution in [0.25, 0.3) is 10.9 Å². The SMILES string of the molecule is Cc1ccc(S(=O)(=O)N2CCCCc3c(c4ccccc4n3C)C2)cc1. The zero-order valence-corrected chi connectivity index (χ0v) is 16.1. The third-order valence-electron chi connectivity index (χ3n) is 5.41. The fourth-order valence-corrected chi connectivity index (χ4v) is 5.37. The normalized spacial score (nSPS) is 16.2. The van der Waals surface area contributed by atoms with E-state index in [0.717, 1.165) is 35.8 Å². The zero-order chi connectivity index (χ0) is 18.3. The molecule has 4 nitrogen and oxygen atoms in total. The van der Waals surface area contributed by atoms with Crippen LogP contribution >= 0.6 is 0 Å². The van der Waals surface area contributed by atoms with E-state index < -0.39 is 10.0 Å². The summed E-state index contributed by atoms with van der Waals surface area (Å²) in [6.07, 6.45) is 2.88. The quantitative estimate of drug-likeness (QED) is 0.686. The first kappa shape index (κ1) is 17.3. The van der Waals surface area contributed by atoms with Gasteiger partial charge in [-0.3, -0.25) is 0 Å². The third-order valence-corrected chi connectivity index (χ3v) is 7.27. The number of nitrogens with zero attached hydrogens (tertiary/aromatic N) is 2. The maximum atomic E-state index is 13.2. The smallest absolute Gasteiger partial charge is 0.243 e. The summed E-state index contributed by atoms with van der Waals surface area (Å²) in [5, 5.41) is 1.16. The van der Waals surface area contributed by atoms with E-state index in [1.165, 1.54) is 11.2 Å². The lowest BCUT2D eigenvalue weighted by Crippen LogP contribution is -2.33. The van der Waals surface area contributed by atoms with Crippen molar-refractivity contribution in [3.05, 3.63) is 65.4 Å². The molecule has 0 aliphatic carbocycles. The Kier molecular flexibility index (Phi) is 4.37. The Hall–Kier alpha value is -2.11. The minimum absolute atomic E-state index is 0.380. The van der Waals surface area contributed by atoms with Crippen LogP contribution in [0.4, 0.5) is 0 Å². The van der Waals surface area contributed by atoms with Crippen molar-refractivity contribution in [2.45, 2.75) is 37.6 Å². The number of aromatic nitrogens is 1. The van der Waals surface area contributed by atoms with E-state index in [0.29, 0.717) is 18.0 Å². The van der Waals surface area contributed by atoms with E-state index >= 15 is 0 Å². The number of rotatable bonds is 2. The topological polar surface area (TPSA) is 42.3 Å². The standard InChI is InChI=1S/C21H24N2O2S/c1-16-10-12-17(13-11-16)26(24,25)23-14-6-5-9-21-19(15-23)18-7-3-4-8-20(18)22(21)2/h3-4,7-8,10-13H,5-6,9,14-15H2,1-2H3. The van der Waals surface area contributed by atoms with Gasteiger partial charge in [-0.2, -0.15) is 4.31 Å². The molecule has 0 spiro atoms. The number of benzene rings is 2. The van der Waals surface area contributed by atoms with Crippen LogP contribution in [0.3, 0.4) is 0 Å². The maximum Gasteiger partial charge on any atom is 0.243 e. The van der Waals surface area contributed by atoms with E-state index in [-0.39, 0.29) is 0 Å². The highest BCUT2D eigenvalue weighted by molar-refractivity contribution is 7.89. The van der Waals surface area contributed by atoms with Gasteiger partial charge >= 0.3 is 0 Å². The zero-order valence-electron chi connectivity index (χ0n) is 15.3. The monoisotopic (exact) mass is 368 g/mol. The van der Waals surface area contributed by atoms with E-state index in [9.17, 15) is 8.42 Å². The lowest BCUT2D eigenvalue weighted by atomic mass is 10.0. The predicted octanol–water partition coefficient (Wildman–Crippen LogP) is 4.01. The molecule has 0 saturated heterocycles. The summed E-state index contributed by atoms with van der Waals surface area (Å²) < 4.78 is 30.4. The van der Waals surface area contributed by atoms with Crippen molar-refractivity contribution in [3.8, 4) is 0 Å². The largest absolute Gasteiger partial charge is 0.347 e. The summed E-state index contributed by atoms with van der Waals surface area (Å²) in [6, 6.07) is 15.4. The van der Waals surface area contributed by atoms with Crippen molar-refractivity contribution in [3.63, 3.8) is 0 Å². The Morgan fingerprint density at radius 1 is 0.962 bits per heavy atom. The van der Waals surface area contributed by atoms with Crippen LogP contribution in [0.1, 0.15) is 29.7 Å². The summed E-state index contributed by atoms with van der Waals surface area (Å²) in [5.41, 5.74) is 4.65. The molecular weight excluding hydrogens is 344 g/mol. The summed E-state index contributed by atoms with van der Waals surface area (Å²) >= 11 is 0. The van der Waals surface area contributed by atoms with E-state index in [4.69, 9.17) is 0 Å². The second-order valence-corrected chi connectivity index (χ2v) is 9.05. The van der Waals surface area contributed by atoms with Crippen molar-refractivity contribution in [2.24, 2.45) is 7.05 Å². The van der Waals surface area contributed by atoms with Crippen molar-refractivity contribution in [1.29, 1.82) is 0 Å².